The SMILES string of the molecule is O=C(NCCOc1ccc2nnc(-c3ccc(F)cc3)n2n1)c1ccc[nH]c1=O. The highest BCUT2D eigenvalue weighted by atomic mass is 19.1. The first-order valence-corrected chi connectivity index (χ1v) is 8.69. The summed E-state index contributed by atoms with van der Waals surface area (Å²) in [4.78, 5) is 26.0. The number of carbonyl (C=O) groups excluding carboxylic acids is 1. The number of halogens is 1. The number of rotatable bonds is 6. The van der Waals surface area contributed by atoms with Crippen molar-refractivity contribution in [1.29, 1.82) is 0 Å². The second-order valence-corrected chi connectivity index (χ2v) is 5.99. The molecule has 0 saturated heterocycles. The van der Waals surface area contributed by atoms with E-state index in [2.05, 4.69) is 25.6 Å². The molecule has 0 atom stereocenters. The maximum atomic E-state index is 13.1. The number of ether oxygens (including phenoxy) is 1. The smallest absolute Gasteiger partial charge is 0.260 e. The van der Waals surface area contributed by atoms with Gasteiger partial charge in [0.05, 0.1) is 6.54 Å². The molecule has 4 rings (SSSR count). The highest BCUT2D eigenvalue weighted by Gasteiger charge is 2.11. The van der Waals surface area contributed by atoms with Crippen LogP contribution in [-0.4, -0.2) is 43.9 Å². The molecule has 1 aromatic carbocycles. The second-order valence-electron chi connectivity index (χ2n) is 5.99. The molecule has 9 nitrogen and oxygen atoms in total. The number of benzene rings is 1. The Balaban J connectivity index is 1.42. The number of aromatic nitrogens is 5. The Bertz CT molecular complexity index is 1220. The third-order valence-electron chi connectivity index (χ3n) is 4.04. The minimum absolute atomic E-state index is 0.0282. The molecule has 0 bridgehead atoms. The predicted octanol–water partition coefficient (Wildman–Crippen LogP) is 1.43. The number of hydrogen-bond acceptors (Lipinski definition) is 6. The highest BCUT2D eigenvalue weighted by molar-refractivity contribution is 5.93. The predicted molar refractivity (Wildman–Crippen MR) is 101 cm³/mol. The molecule has 0 spiro atoms. The van der Waals surface area contributed by atoms with Crippen LogP contribution < -0.4 is 15.6 Å². The van der Waals surface area contributed by atoms with Gasteiger partial charge in [0.2, 0.25) is 5.88 Å². The van der Waals surface area contributed by atoms with Crippen molar-refractivity contribution in [3.05, 3.63) is 76.5 Å². The monoisotopic (exact) mass is 394 g/mol. The van der Waals surface area contributed by atoms with Gasteiger partial charge in [-0.25, -0.2) is 4.39 Å². The van der Waals surface area contributed by atoms with Gasteiger partial charge in [-0.1, -0.05) is 0 Å². The van der Waals surface area contributed by atoms with Gasteiger partial charge in [0.25, 0.3) is 11.5 Å². The van der Waals surface area contributed by atoms with E-state index in [9.17, 15) is 14.0 Å². The third-order valence-corrected chi connectivity index (χ3v) is 4.04. The van der Waals surface area contributed by atoms with Gasteiger partial charge in [0, 0.05) is 17.8 Å². The van der Waals surface area contributed by atoms with Crippen LogP contribution in [0.5, 0.6) is 5.88 Å². The molecule has 0 saturated carbocycles. The molecule has 0 aliphatic heterocycles. The molecule has 3 heterocycles. The van der Waals surface area contributed by atoms with Crippen LogP contribution in [0.2, 0.25) is 0 Å². The van der Waals surface area contributed by atoms with Crippen molar-refractivity contribution in [3.8, 4) is 17.3 Å². The molecule has 0 fully saturated rings. The highest BCUT2D eigenvalue weighted by Crippen LogP contribution is 2.19. The normalized spacial score (nSPS) is 10.8. The van der Waals surface area contributed by atoms with E-state index >= 15 is 0 Å². The fourth-order valence-corrected chi connectivity index (χ4v) is 2.64. The number of nitrogens with zero attached hydrogens (tertiary/aromatic N) is 4. The average molecular weight is 394 g/mol. The van der Waals surface area contributed by atoms with Crippen molar-refractivity contribution >= 4 is 11.6 Å². The quantitative estimate of drug-likeness (QED) is 0.478. The van der Waals surface area contributed by atoms with Crippen molar-refractivity contribution < 1.29 is 13.9 Å². The van der Waals surface area contributed by atoms with E-state index in [1.165, 1.54) is 28.9 Å². The van der Waals surface area contributed by atoms with E-state index in [0.717, 1.165) is 0 Å². The summed E-state index contributed by atoms with van der Waals surface area (Å²) >= 11 is 0. The molecule has 0 radical (unpaired) electrons. The molecule has 0 unspecified atom stereocenters. The van der Waals surface area contributed by atoms with Crippen molar-refractivity contribution in [2.24, 2.45) is 0 Å². The van der Waals surface area contributed by atoms with Gasteiger partial charge in [-0.3, -0.25) is 9.59 Å². The van der Waals surface area contributed by atoms with Gasteiger partial charge in [-0.15, -0.1) is 15.3 Å². The summed E-state index contributed by atoms with van der Waals surface area (Å²) in [7, 11) is 0. The van der Waals surface area contributed by atoms with Crippen LogP contribution in [0.25, 0.3) is 17.0 Å². The molecule has 2 N–H and O–H groups in total. The largest absolute Gasteiger partial charge is 0.475 e. The van der Waals surface area contributed by atoms with Crippen molar-refractivity contribution in [2.75, 3.05) is 13.2 Å². The van der Waals surface area contributed by atoms with Gasteiger partial charge in [0.1, 0.15) is 18.0 Å². The topological polar surface area (TPSA) is 114 Å². The number of pyridine rings is 1. The molecule has 3 aromatic heterocycles. The molecule has 146 valence electrons. The summed E-state index contributed by atoms with van der Waals surface area (Å²) in [5.41, 5.74) is 0.733. The van der Waals surface area contributed by atoms with Crippen molar-refractivity contribution in [2.45, 2.75) is 0 Å². The Morgan fingerprint density at radius 3 is 2.76 bits per heavy atom. The molecule has 29 heavy (non-hydrogen) atoms. The molecule has 10 heteroatoms. The second kappa shape index (κ2) is 7.89. The number of H-pyrrole nitrogens is 1. The van der Waals surface area contributed by atoms with Gasteiger partial charge >= 0.3 is 0 Å². The van der Waals surface area contributed by atoms with Crippen LogP contribution in [0.3, 0.4) is 0 Å². The number of hydrogen-bond donors (Lipinski definition) is 2. The van der Waals surface area contributed by atoms with Crippen LogP contribution in [0.15, 0.2) is 59.5 Å². The lowest BCUT2D eigenvalue weighted by Gasteiger charge is -2.07. The zero-order valence-corrected chi connectivity index (χ0v) is 15.0. The molecule has 4 aromatic rings. The summed E-state index contributed by atoms with van der Waals surface area (Å²) in [6.07, 6.45) is 1.45. The average Bonchev–Trinajstić information content (AvgIpc) is 3.15. The molecular formula is C19H15FN6O3. The summed E-state index contributed by atoms with van der Waals surface area (Å²) in [6, 6.07) is 12.2. The number of amides is 1. The first-order chi connectivity index (χ1) is 14.1. The molecule has 0 aliphatic rings. The Labute approximate surface area is 163 Å². The van der Waals surface area contributed by atoms with Crippen LogP contribution in [0.4, 0.5) is 4.39 Å². The van der Waals surface area contributed by atoms with Gasteiger partial charge in [-0.05, 0) is 42.5 Å². The fraction of sp³-hybridized carbons (Fsp3) is 0.105. The Morgan fingerprint density at radius 1 is 1.14 bits per heavy atom. The summed E-state index contributed by atoms with van der Waals surface area (Å²) in [6.45, 7) is 0.322. The Morgan fingerprint density at radius 2 is 1.97 bits per heavy atom. The van der Waals surface area contributed by atoms with E-state index in [1.54, 1.807) is 30.3 Å². The zero-order chi connectivity index (χ0) is 20.2. The maximum absolute atomic E-state index is 13.1. The maximum Gasteiger partial charge on any atom is 0.260 e. The minimum atomic E-state index is -0.490. The summed E-state index contributed by atoms with van der Waals surface area (Å²) in [5.74, 6) is -0.0927. The number of fused-ring (bicyclic) bond motifs is 1. The third kappa shape index (κ3) is 3.95. The number of nitrogens with one attached hydrogen (secondary N) is 2. The van der Waals surface area contributed by atoms with Crippen LogP contribution in [0, 0.1) is 5.82 Å². The molecule has 1 amide bonds. The van der Waals surface area contributed by atoms with E-state index in [-0.39, 0.29) is 24.5 Å². The lowest BCUT2D eigenvalue weighted by atomic mass is 10.2. The van der Waals surface area contributed by atoms with Gasteiger partial charge in [0.15, 0.2) is 11.5 Å². The number of carbonyl (C=O) groups is 1. The van der Waals surface area contributed by atoms with Crippen LogP contribution in [0.1, 0.15) is 10.4 Å². The zero-order valence-electron chi connectivity index (χ0n) is 15.0. The fourth-order valence-electron chi connectivity index (χ4n) is 2.64. The van der Waals surface area contributed by atoms with E-state index < -0.39 is 11.5 Å². The standard InChI is InChI=1S/C19H15FN6O3/c20-13-5-3-12(4-6-13)17-24-23-15-7-8-16(25-26(15)17)29-11-10-22-19(28)14-2-1-9-21-18(14)27/h1-9H,10-11H2,(H,21,27)(H,22,28). The first kappa shape index (κ1) is 18.3. The van der Waals surface area contributed by atoms with Crippen LogP contribution in [-0.2, 0) is 0 Å². The van der Waals surface area contributed by atoms with Gasteiger partial charge < -0.3 is 15.0 Å². The Hall–Kier alpha value is -4.08. The number of aromatic amines is 1. The lowest BCUT2D eigenvalue weighted by molar-refractivity contribution is 0.0945. The van der Waals surface area contributed by atoms with Crippen molar-refractivity contribution in [3.63, 3.8) is 0 Å². The first-order valence-electron chi connectivity index (χ1n) is 8.69. The lowest BCUT2D eigenvalue weighted by Crippen LogP contribution is -2.32. The summed E-state index contributed by atoms with van der Waals surface area (Å²) < 4.78 is 20.2. The van der Waals surface area contributed by atoms with Crippen LogP contribution >= 0.6 is 0 Å². The van der Waals surface area contributed by atoms with Crippen molar-refractivity contribution in [1.82, 2.24) is 30.1 Å². The van der Waals surface area contributed by atoms with E-state index in [4.69, 9.17) is 4.74 Å². The van der Waals surface area contributed by atoms with E-state index in [0.29, 0.717) is 22.9 Å². The Kier molecular flexibility index (Phi) is 4.97. The molecular weight excluding hydrogens is 379 g/mol. The van der Waals surface area contributed by atoms with E-state index in [1.807, 2.05) is 0 Å². The minimum Gasteiger partial charge on any atom is -0.475 e. The van der Waals surface area contributed by atoms with Gasteiger partial charge in [-0.2, -0.15) is 4.52 Å². The summed E-state index contributed by atoms with van der Waals surface area (Å²) in [5, 5.41) is 15.0. The molecule has 0 aliphatic carbocycles.